The van der Waals surface area contributed by atoms with Crippen LogP contribution in [0.2, 0.25) is 5.02 Å². The fraction of sp³-hybridized carbons (Fsp3) is 0.500. The highest BCUT2D eigenvalue weighted by Gasteiger charge is 2.41. The highest BCUT2D eigenvalue weighted by molar-refractivity contribution is 6.31. The Morgan fingerprint density at radius 3 is 2.47 bits per heavy atom. The first-order valence-electron chi connectivity index (χ1n) is 5.55. The Hall–Kier alpha value is -0.850. The fourth-order valence-corrected chi connectivity index (χ4v) is 1.63. The minimum absolute atomic E-state index is 0.243. The van der Waals surface area contributed by atoms with Gasteiger partial charge in [0.25, 0.3) is 0 Å². The minimum atomic E-state index is -4.15. The Balaban J connectivity index is 2.37. The second-order valence-corrected chi connectivity index (χ2v) is 4.54. The maximum Gasteiger partial charge on any atom is 0.330 e. The molecule has 19 heavy (non-hydrogen) atoms. The molecule has 1 unspecified atom stereocenters. The van der Waals surface area contributed by atoms with Crippen molar-refractivity contribution in [3.63, 3.8) is 0 Å². The summed E-state index contributed by atoms with van der Waals surface area (Å²) in [5, 5.41) is 0.510. The lowest BCUT2D eigenvalue weighted by Crippen LogP contribution is -2.36. The molecule has 7 heteroatoms. The summed E-state index contributed by atoms with van der Waals surface area (Å²) in [6.07, 6.45) is -3.42. The summed E-state index contributed by atoms with van der Waals surface area (Å²) in [5.41, 5.74) is 6.41. The summed E-state index contributed by atoms with van der Waals surface area (Å²) in [7, 11) is 0. The molecule has 1 rings (SSSR count). The van der Waals surface area contributed by atoms with Crippen LogP contribution in [0.1, 0.15) is 5.56 Å². The highest BCUT2D eigenvalue weighted by atomic mass is 35.5. The van der Waals surface area contributed by atoms with Crippen LogP contribution in [0.5, 0.6) is 0 Å². The topological polar surface area (TPSA) is 35.2 Å². The molecule has 1 aromatic rings. The van der Waals surface area contributed by atoms with Gasteiger partial charge in [-0.3, -0.25) is 0 Å². The predicted octanol–water partition coefficient (Wildman–Crippen LogP) is 3.13. The summed E-state index contributed by atoms with van der Waals surface area (Å²) in [4.78, 5) is 0. The third-order valence-electron chi connectivity index (χ3n) is 2.39. The second-order valence-electron chi connectivity index (χ2n) is 4.13. The van der Waals surface area contributed by atoms with Crippen molar-refractivity contribution in [3.05, 3.63) is 34.9 Å². The quantitative estimate of drug-likeness (QED) is 0.785. The van der Waals surface area contributed by atoms with E-state index in [0.29, 0.717) is 11.4 Å². The number of ether oxygens (including phenoxy) is 1. The molecule has 0 saturated heterocycles. The predicted molar refractivity (Wildman–Crippen MR) is 64.9 cm³/mol. The zero-order valence-electron chi connectivity index (χ0n) is 9.96. The number of hydrogen-bond donors (Lipinski definition) is 1. The first-order valence-corrected chi connectivity index (χ1v) is 5.93. The van der Waals surface area contributed by atoms with E-state index >= 15 is 0 Å². The van der Waals surface area contributed by atoms with Gasteiger partial charge in [-0.1, -0.05) is 29.8 Å². The van der Waals surface area contributed by atoms with Gasteiger partial charge in [0.2, 0.25) is 0 Å². The first kappa shape index (κ1) is 16.2. The molecule has 0 radical (unpaired) electrons. The lowest BCUT2D eigenvalue weighted by molar-refractivity contribution is -0.166. The fourth-order valence-electron chi connectivity index (χ4n) is 1.41. The van der Waals surface area contributed by atoms with Gasteiger partial charge in [-0.05, 0) is 18.1 Å². The van der Waals surface area contributed by atoms with Crippen molar-refractivity contribution >= 4 is 11.6 Å². The van der Waals surface area contributed by atoms with Gasteiger partial charge < -0.3 is 10.5 Å². The number of halogens is 5. The third-order valence-corrected chi connectivity index (χ3v) is 2.75. The monoisotopic (exact) mass is 299 g/mol. The van der Waals surface area contributed by atoms with Crippen molar-refractivity contribution in [2.75, 3.05) is 13.2 Å². The van der Waals surface area contributed by atoms with Crippen molar-refractivity contribution in [2.45, 2.75) is 24.8 Å². The molecule has 0 saturated carbocycles. The van der Waals surface area contributed by atoms with Crippen LogP contribution in [-0.4, -0.2) is 31.6 Å². The normalized spacial score (nSPS) is 13.8. The molecule has 0 aliphatic heterocycles. The van der Waals surface area contributed by atoms with Crippen LogP contribution in [0.3, 0.4) is 0 Å². The number of nitrogens with two attached hydrogens (primary N) is 1. The van der Waals surface area contributed by atoms with Gasteiger partial charge in [0.05, 0.1) is 6.61 Å². The van der Waals surface area contributed by atoms with Crippen LogP contribution in [0.15, 0.2) is 24.3 Å². The van der Waals surface area contributed by atoms with E-state index in [1.165, 1.54) is 0 Å². The molecule has 0 spiro atoms. The van der Waals surface area contributed by atoms with Crippen molar-refractivity contribution in [1.29, 1.82) is 0 Å². The largest absolute Gasteiger partial charge is 0.373 e. The van der Waals surface area contributed by atoms with Crippen molar-refractivity contribution in [1.82, 2.24) is 0 Å². The minimum Gasteiger partial charge on any atom is -0.373 e. The van der Waals surface area contributed by atoms with Gasteiger partial charge in [-0.25, -0.2) is 8.78 Å². The van der Waals surface area contributed by atoms with Gasteiger partial charge >= 0.3 is 12.3 Å². The SMILES string of the molecule is NC(COCC(F)(F)C(F)F)Cc1ccccc1Cl. The number of alkyl halides is 4. The molecule has 1 atom stereocenters. The molecular formula is C12H14ClF4NO. The van der Waals surface area contributed by atoms with Crippen LogP contribution in [0, 0.1) is 0 Å². The third kappa shape index (κ3) is 5.34. The first-order chi connectivity index (χ1) is 8.83. The smallest absolute Gasteiger partial charge is 0.330 e. The average Bonchev–Trinajstić information content (AvgIpc) is 2.31. The van der Waals surface area contributed by atoms with Gasteiger partial charge in [0.1, 0.15) is 6.61 Å². The zero-order valence-corrected chi connectivity index (χ0v) is 10.7. The summed E-state index contributed by atoms with van der Waals surface area (Å²) < 4.78 is 53.4. The molecule has 0 fully saturated rings. The Bertz CT molecular complexity index is 403. The van der Waals surface area contributed by atoms with Gasteiger partial charge in [-0.2, -0.15) is 8.78 Å². The van der Waals surface area contributed by atoms with E-state index in [-0.39, 0.29) is 6.61 Å². The van der Waals surface area contributed by atoms with E-state index in [2.05, 4.69) is 4.74 Å². The summed E-state index contributed by atoms with van der Waals surface area (Å²) in [6, 6.07) is 6.34. The maximum atomic E-state index is 12.6. The Morgan fingerprint density at radius 2 is 1.89 bits per heavy atom. The molecular weight excluding hydrogens is 286 g/mol. The van der Waals surface area contributed by atoms with E-state index in [0.717, 1.165) is 5.56 Å². The van der Waals surface area contributed by atoms with Gasteiger partial charge in [0, 0.05) is 11.1 Å². The molecule has 0 aliphatic carbocycles. The Morgan fingerprint density at radius 1 is 1.26 bits per heavy atom. The molecule has 2 N–H and O–H groups in total. The average molecular weight is 300 g/mol. The van der Waals surface area contributed by atoms with Crippen molar-refractivity contribution in [3.8, 4) is 0 Å². The van der Waals surface area contributed by atoms with E-state index in [1.54, 1.807) is 24.3 Å². The van der Waals surface area contributed by atoms with Crippen LogP contribution in [0.4, 0.5) is 17.6 Å². The van der Waals surface area contributed by atoms with E-state index in [4.69, 9.17) is 17.3 Å². The molecule has 1 aromatic carbocycles. The standard InChI is InChI=1S/C12H14ClF4NO/c13-10-4-2-1-3-8(10)5-9(18)6-19-7-12(16,17)11(14)15/h1-4,9,11H,5-7,18H2. The lowest BCUT2D eigenvalue weighted by atomic mass is 10.1. The molecule has 108 valence electrons. The molecule has 0 amide bonds. The van der Waals surface area contributed by atoms with E-state index in [1.807, 2.05) is 0 Å². The molecule has 0 aliphatic rings. The number of hydrogen-bond acceptors (Lipinski definition) is 2. The summed E-state index contributed by atoms with van der Waals surface area (Å²) >= 11 is 5.90. The van der Waals surface area contributed by atoms with E-state index < -0.39 is 25.0 Å². The van der Waals surface area contributed by atoms with Crippen LogP contribution >= 0.6 is 11.6 Å². The van der Waals surface area contributed by atoms with Gasteiger partial charge in [0.15, 0.2) is 0 Å². The maximum absolute atomic E-state index is 12.6. The lowest BCUT2D eigenvalue weighted by Gasteiger charge is -2.17. The van der Waals surface area contributed by atoms with Gasteiger partial charge in [-0.15, -0.1) is 0 Å². The highest BCUT2D eigenvalue weighted by Crippen LogP contribution is 2.23. The zero-order chi connectivity index (χ0) is 14.5. The van der Waals surface area contributed by atoms with Crippen LogP contribution < -0.4 is 5.73 Å². The van der Waals surface area contributed by atoms with E-state index in [9.17, 15) is 17.6 Å². The number of rotatable bonds is 7. The second kappa shape index (κ2) is 7.07. The Labute approximate surface area is 113 Å². The summed E-state index contributed by atoms with van der Waals surface area (Å²) in [5.74, 6) is -4.15. The van der Waals surface area contributed by atoms with Crippen molar-refractivity contribution in [2.24, 2.45) is 5.73 Å². The Kier molecular flexibility index (Phi) is 6.03. The molecule has 2 nitrogen and oxygen atoms in total. The van der Waals surface area contributed by atoms with Crippen LogP contribution in [0.25, 0.3) is 0 Å². The van der Waals surface area contributed by atoms with Crippen molar-refractivity contribution < 1.29 is 22.3 Å². The number of benzene rings is 1. The molecule has 0 heterocycles. The molecule has 0 bridgehead atoms. The van der Waals surface area contributed by atoms with Crippen LogP contribution in [-0.2, 0) is 11.2 Å². The molecule has 0 aromatic heterocycles. The summed E-state index contributed by atoms with van der Waals surface area (Å²) in [6.45, 7) is -1.59.